The fourth-order valence-electron chi connectivity index (χ4n) is 3.23. The van der Waals surface area contributed by atoms with Crippen LogP contribution in [0.15, 0.2) is 0 Å². The van der Waals surface area contributed by atoms with Gasteiger partial charge in [0.05, 0.1) is 0 Å². The zero-order valence-corrected chi connectivity index (χ0v) is 8.40. The summed E-state index contributed by atoms with van der Waals surface area (Å²) in [7, 11) is 0. The van der Waals surface area contributed by atoms with Crippen LogP contribution in [0.3, 0.4) is 0 Å². The fourth-order valence-corrected chi connectivity index (χ4v) is 3.23. The minimum Gasteiger partial charge on any atom is -0.327 e. The molecule has 2 saturated carbocycles. The molecule has 4 heteroatoms. The van der Waals surface area contributed by atoms with Crippen LogP contribution in [0.4, 0.5) is 0 Å². The molecule has 0 aliphatic heterocycles. The summed E-state index contributed by atoms with van der Waals surface area (Å²) < 4.78 is 0. The molecule has 1 aromatic rings. The van der Waals surface area contributed by atoms with Gasteiger partial charge in [0.1, 0.15) is 5.82 Å². The van der Waals surface area contributed by atoms with Gasteiger partial charge < -0.3 is 5.73 Å². The molecule has 3 N–H and O–H groups in total. The number of nitrogens with two attached hydrogens (primary N) is 1. The quantitative estimate of drug-likeness (QED) is 0.696. The maximum absolute atomic E-state index is 6.21. The molecule has 1 aromatic heterocycles. The number of nitrogens with zero attached hydrogens (tertiary/aromatic N) is 2. The summed E-state index contributed by atoms with van der Waals surface area (Å²) >= 11 is 0. The van der Waals surface area contributed by atoms with Crippen molar-refractivity contribution in [2.24, 2.45) is 17.6 Å². The molecule has 3 rings (SSSR count). The highest BCUT2D eigenvalue weighted by Crippen LogP contribution is 2.51. The average Bonchev–Trinajstić information content (AvgIpc) is 2.80. The van der Waals surface area contributed by atoms with E-state index in [1.54, 1.807) is 0 Å². The first-order valence-electron chi connectivity index (χ1n) is 5.40. The van der Waals surface area contributed by atoms with Crippen molar-refractivity contribution in [1.29, 1.82) is 0 Å². The van der Waals surface area contributed by atoms with E-state index in [0.29, 0.717) is 12.0 Å². The molecule has 0 aromatic carbocycles. The lowest BCUT2D eigenvalue weighted by Crippen LogP contribution is -2.34. The minimum absolute atomic E-state index is 0.295. The SMILES string of the molecule is Cc1nc(C2C3CCC(C3)C2N)n[nH]1. The molecule has 0 amide bonds. The molecule has 2 aliphatic carbocycles. The molecule has 4 unspecified atom stereocenters. The van der Waals surface area contributed by atoms with Gasteiger partial charge in [-0.05, 0) is 38.0 Å². The fraction of sp³-hybridized carbons (Fsp3) is 0.800. The van der Waals surface area contributed by atoms with E-state index in [4.69, 9.17) is 5.73 Å². The molecule has 2 fully saturated rings. The Morgan fingerprint density at radius 3 is 2.71 bits per heavy atom. The van der Waals surface area contributed by atoms with E-state index in [1.165, 1.54) is 19.3 Å². The van der Waals surface area contributed by atoms with E-state index >= 15 is 0 Å². The molecule has 14 heavy (non-hydrogen) atoms. The highest BCUT2D eigenvalue weighted by atomic mass is 15.2. The standard InChI is InChI=1S/C10H16N4/c1-5-12-10(14-13-5)8-6-2-3-7(4-6)9(8)11/h6-9H,2-4,11H2,1H3,(H,12,13,14). The Morgan fingerprint density at radius 1 is 1.36 bits per heavy atom. The Kier molecular flexibility index (Phi) is 1.68. The van der Waals surface area contributed by atoms with Crippen LogP contribution >= 0.6 is 0 Å². The van der Waals surface area contributed by atoms with Gasteiger partial charge in [0.25, 0.3) is 0 Å². The van der Waals surface area contributed by atoms with Crippen molar-refractivity contribution in [2.75, 3.05) is 0 Å². The van der Waals surface area contributed by atoms with E-state index in [2.05, 4.69) is 15.2 Å². The first kappa shape index (κ1) is 8.41. The van der Waals surface area contributed by atoms with Gasteiger partial charge in [-0.15, -0.1) is 0 Å². The third kappa shape index (κ3) is 1.03. The van der Waals surface area contributed by atoms with Gasteiger partial charge in [-0.3, -0.25) is 5.10 Å². The summed E-state index contributed by atoms with van der Waals surface area (Å²) in [5.74, 6) is 3.73. The molecule has 2 aliphatic rings. The second kappa shape index (κ2) is 2.79. The number of fused-ring (bicyclic) bond motifs is 2. The summed E-state index contributed by atoms with van der Waals surface area (Å²) in [5, 5.41) is 7.16. The molecule has 1 heterocycles. The van der Waals surface area contributed by atoms with Crippen LogP contribution in [0.5, 0.6) is 0 Å². The van der Waals surface area contributed by atoms with Gasteiger partial charge in [-0.25, -0.2) is 4.98 Å². The molecular formula is C10H16N4. The molecule has 0 radical (unpaired) electrons. The number of aromatic amines is 1. The molecular weight excluding hydrogens is 176 g/mol. The zero-order valence-electron chi connectivity index (χ0n) is 8.40. The highest BCUT2D eigenvalue weighted by Gasteiger charge is 2.47. The summed E-state index contributed by atoms with van der Waals surface area (Å²) in [4.78, 5) is 4.42. The van der Waals surface area contributed by atoms with Crippen LogP contribution in [0.1, 0.15) is 36.8 Å². The summed E-state index contributed by atoms with van der Waals surface area (Å²) in [6.45, 7) is 1.94. The Balaban J connectivity index is 1.92. The van der Waals surface area contributed by atoms with Crippen molar-refractivity contribution >= 4 is 0 Å². The first-order chi connectivity index (χ1) is 6.75. The molecule has 0 spiro atoms. The van der Waals surface area contributed by atoms with E-state index in [1.807, 2.05) is 6.92 Å². The van der Waals surface area contributed by atoms with Gasteiger partial charge in [0.15, 0.2) is 5.82 Å². The molecule has 2 bridgehead atoms. The molecule has 76 valence electrons. The Hall–Kier alpha value is -0.900. The monoisotopic (exact) mass is 192 g/mol. The number of hydrogen-bond acceptors (Lipinski definition) is 3. The second-order valence-electron chi connectivity index (χ2n) is 4.72. The van der Waals surface area contributed by atoms with Crippen molar-refractivity contribution in [3.63, 3.8) is 0 Å². The Bertz CT molecular complexity index is 344. The summed E-state index contributed by atoms with van der Waals surface area (Å²) in [5.41, 5.74) is 6.21. The van der Waals surface area contributed by atoms with Crippen molar-refractivity contribution in [2.45, 2.75) is 38.1 Å². The number of rotatable bonds is 1. The van der Waals surface area contributed by atoms with E-state index in [9.17, 15) is 0 Å². The summed E-state index contributed by atoms with van der Waals surface area (Å²) in [6.07, 6.45) is 3.92. The smallest absolute Gasteiger partial charge is 0.155 e. The number of aryl methyl sites for hydroxylation is 1. The van der Waals surface area contributed by atoms with Crippen molar-refractivity contribution in [3.8, 4) is 0 Å². The van der Waals surface area contributed by atoms with Gasteiger partial charge in [0, 0.05) is 12.0 Å². The third-order valence-corrected chi connectivity index (χ3v) is 3.89. The van der Waals surface area contributed by atoms with Crippen LogP contribution in [0, 0.1) is 18.8 Å². The summed E-state index contributed by atoms with van der Waals surface area (Å²) in [6, 6.07) is 0.295. The van der Waals surface area contributed by atoms with Gasteiger partial charge in [-0.1, -0.05) is 0 Å². The minimum atomic E-state index is 0.295. The van der Waals surface area contributed by atoms with Crippen LogP contribution in [0.25, 0.3) is 0 Å². The van der Waals surface area contributed by atoms with E-state index < -0.39 is 0 Å². The van der Waals surface area contributed by atoms with Crippen LogP contribution in [0.2, 0.25) is 0 Å². The molecule has 0 saturated heterocycles. The predicted octanol–water partition coefficient (Wildman–Crippen LogP) is 0.954. The topological polar surface area (TPSA) is 67.6 Å². The second-order valence-corrected chi connectivity index (χ2v) is 4.72. The van der Waals surface area contributed by atoms with E-state index in [-0.39, 0.29) is 0 Å². The molecule has 4 atom stereocenters. The molecule has 4 nitrogen and oxygen atoms in total. The highest BCUT2D eigenvalue weighted by molar-refractivity contribution is 5.13. The normalized spacial score (nSPS) is 40.7. The van der Waals surface area contributed by atoms with E-state index in [0.717, 1.165) is 23.5 Å². The maximum Gasteiger partial charge on any atom is 0.155 e. The third-order valence-electron chi connectivity index (χ3n) is 3.89. The zero-order chi connectivity index (χ0) is 9.71. The number of aromatic nitrogens is 3. The van der Waals surface area contributed by atoms with Crippen molar-refractivity contribution < 1.29 is 0 Å². The van der Waals surface area contributed by atoms with Crippen molar-refractivity contribution in [3.05, 3.63) is 11.6 Å². The van der Waals surface area contributed by atoms with Crippen LogP contribution in [-0.4, -0.2) is 21.2 Å². The lowest BCUT2D eigenvalue weighted by atomic mass is 9.84. The van der Waals surface area contributed by atoms with Gasteiger partial charge >= 0.3 is 0 Å². The number of H-pyrrole nitrogens is 1. The van der Waals surface area contributed by atoms with Gasteiger partial charge in [0.2, 0.25) is 0 Å². The first-order valence-corrected chi connectivity index (χ1v) is 5.40. The van der Waals surface area contributed by atoms with Crippen LogP contribution < -0.4 is 5.73 Å². The lowest BCUT2D eigenvalue weighted by Gasteiger charge is -2.25. The van der Waals surface area contributed by atoms with Gasteiger partial charge in [-0.2, -0.15) is 5.10 Å². The Labute approximate surface area is 83.3 Å². The Morgan fingerprint density at radius 2 is 2.14 bits per heavy atom. The average molecular weight is 192 g/mol. The number of hydrogen-bond donors (Lipinski definition) is 2. The predicted molar refractivity (Wildman–Crippen MR) is 52.7 cm³/mol. The van der Waals surface area contributed by atoms with Crippen molar-refractivity contribution in [1.82, 2.24) is 15.2 Å². The number of nitrogens with one attached hydrogen (secondary N) is 1. The maximum atomic E-state index is 6.21. The van der Waals surface area contributed by atoms with Crippen LogP contribution in [-0.2, 0) is 0 Å². The lowest BCUT2D eigenvalue weighted by molar-refractivity contribution is 0.355. The largest absolute Gasteiger partial charge is 0.327 e.